The van der Waals surface area contributed by atoms with E-state index in [0.717, 1.165) is 25.3 Å². The van der Waals surface area contributed by atoms with Crippen molar-refractivity contribution in [2.45, 2.75) is 23.3 Å². The summed E-state index contributed by atoms with van der Waals surface area (Å²) in [7, 11) is -1.95. The summed E-state index contributed by atoms with van der Waals surface area (Å²) in [5.74, 6) is 2.18. The molecule has 0 saturated carbocycles. The zero-order valence-corrected chi connectivity index (χ0v) is 20.7. The van der Waals surface area contributed by atoms with Crippen LogP contribution in [0.3, 0.4) is 0 Å². The molecule has 9 nitrogen and oxygen atoms in total. The quantitative estimate of drug-likeness (QED) is 0.484. The summed E-state index contributed by atoms with van der Waals surface area (Å²) in [6, 6.07) is 11.9. The topological polar surface area (TPSA) is 94.3 Å². The van der Waals surface area contributed by atoms with E-state index in [-0.39, 0.29) is 21.7 Å². The van der Waals surface area contributed by atoms with Crippen LogP contribution in [-0.4, -0.2) is 71.3 Å². The first-order chi connectivity index (χ1) is 17.0. The molecule has 2 aliphatic rings. The fraction of sp³-hybridized carbons (Fsp3) is 0.400. The smallest absolute Gasteiger partial charge is 0.236 e. The summed E-state index contributed by atoms with van der Waals surface area (Å²) >= 11 is 0. The van der Waals surface area contributed by atoms with Gasteiger partial charge in [0.1, 0.15) is 19.0 Å². The van der Waals surface area contributed by atoms with Gasteiger partial charge >= 0.3 is 0 Å². The first-order valence-corrected chi connectivity index (χ1v) is 13.3. The van der Waals surface area contributed by atoms with Crippen molar-refractivity contribution in [3.05, 3.63) is 42.5 Å². The lowest BCUT2D eigenvalue weighted by atomic mass is 10.2. The number of piperazine rings is 1. The Kier molecular flexibility index (Phi) is 6.57. The molecule has 186 valence electrons. The zero-order valence-electron chi connectivity index (χ0n) is 19.9. The van der Waals surface area contributed by atoms with Gasteiger partial charge in [-0.2, -0.15) is 4.98 Å². The molecule has 0 N–H and O–H groups in total. The van der Waals surface area contributed by atoms with Crippen LogP contribution in [0.25, 0.3) is 11.5 Å². The van der Waals surface area contributed by atoms with Gasteiger partial charge in [0.15, 0.2) is 11.5 Å². The maximum absolute atomic E-state index is 13.8. The highest BCUT2D eigenvalue weighted by Gasteiger charge is 2.33. The molecule has 10 heteroatoms. The molecule has 0 spiro atoms. The Morgan fingerprint density at radius 3 is 2.40 bits per heavy atom. The van der Waals surface area contributed by atoms with Gasteiger partial charge in [0.2, 0.25) is 26.6 Å². The Morgan fingerprint density at radius 1 is 0.971 bits per heavy atom. The number of nitrogens with zero attached hydrogens (tertiary/aromatic N) is 3. The third-order valence-corrected chi connectivity index (χ3v) is 7.67. The average molecular weight is 500 g/mol. The molecule has 1 fully saturated rings. The first kappa shape index (κ1) is 23.5. The van der Waals surface area contributed by atoms with Gasteiger partial charge in [-0.1, -0.05) is 6.92 Å². The number of ether oxygens (including phenoxy) is 3. The number of hydrogen-bond donors (Lipinski definition) is 0. The van der Waals surface area contributed by atoms with Gasteiger partial charge in [-0.25, -0.2) is 8.42 Å². The molecule has 2 aliphatic heterocycles. The van der Waals surface area contributed by atoms with Gasteiger partial charge in [-0.3, -0.25) is 0 Å². The number of aromatic nitrogens is 1. The Morgan fingerprint density at radius 2 is 1.69 bits per heavy atom. The normalized spacial score (nSPS) is 16.3. The van der Waals surface area contributed by atoms with Crippen molar-refractivity contribution < 1.29 is 27.0 Å². The van der Waals surface area contributed by atoms with Crippen molar-refractivity contribution in [1.82, 2.24) is 9.88 Å². The van der Waals surface area contributed by atoms with Gasteiger partial charge in [-0.05, 0) is 49.9 Å². The molecule has 35 heavy (non-hydrogen) atoms. The maximum Gasteiger partial charge on any atom is 0.236 e. The Balaban J connectivity index is 1.54. The molecular weight excluding hydrogens is 470 g/mol. The van der Waals surface area contributed by atoms with Crippen molar-refractivity contribution in [3.63, 3.8) is 0 Å². The van der Waals surface area contributed by atoms with Crippen LogP contribution < -0.4 is 19.1 Å². The molecule has 0 radical (unpaired) electrons. The number of benzene rings is 2. The summed E-state index contributed by atoms with van der Waals surface area (Å²) in [5.41, 5.74) is 0.674. The van der Waals surface area contributed by atoms with Crippen molar-refractivity contribution in [2.75, 3.05) is 57.9 Å². The van der Waals surface area contributed by atoms with Crippen LogP contribution in [0, 0.1) is 0 Å². The summed E-state index contributed by atoms with van der Waals surface area (Å²) in [4.78, 5) is 8.72. The molecule has 1 aromatic heterocycles. The molecule has 1 saturated heterocycles. The fourth-order valence-corrected chi connectivity index (χ4v) is 5.36. The molecule has 3 aromatic rings. The second kappa shape index (κ2) is 9.79. The highest BCUT2D eigenvalue weighted by atomic mass is 32.2. The Bertz CT molecular complexity index is 1280. The van der Waals surface area contributed by atoms with Crippen molar-refractivity contribution in [2.24, 2.45) is 0 Å². The zero-order chi connectivity index (χ0) is 24.4. The predicted molar refractivity (Wildman–Crippen MR) is 130 cm³/mol. The monoisotopic (exact) mass is 499 g/mol. The van der Waals surface area contributed by atoms with Crippen LogP contribution in [-0.2, 0) is 9.84 Å². The van der Waals surface area contributed by atoms with Gasteiger partial charge < -0.3 is 28.4 Å². The molecule has 0 aliphatic carbocycles. The number of anilines is 1. The van der Waals surface area contributed by atoms with E-state index in [1.54, 1.807) is 6.07 Å². The minimum atomic E-state index is -3.99. The Labute approximate surface area is 205 Å². The van der Waals surface area contributed by atoms with E-state index in [1.807, 2.05) is 43.1 Å². The fourth-order valence-electron chi connectivity index (χ4n) is 4.02. The van der Waals surface area contributed by atoms with Crippen molar-refractivity contribution in [3.8, 4) is 28.7 Å². The maximum atomic E-state index is 13.8. The molecule has 0 atom stereocenters. The van der Waals surface area contributed by atoms with E-state index in [9.17, 15) is 8.42 Å². The van der Waals surface area contributed by atoms with Gasteiger partial charge in [0.25, 0.3) is 0 Å². The van der Waals surface area contributed by atoms with E-state index in [2.05, 4.69) is 9.88 Å². The number of sulfone groups is 1. The van der Waals surface area contributed by atoms with Crippen LogP contribution in [0.4, 0.5) is 5.88 Å². The summed E-state index contributed by atoms with van der Waals surface area (Å²) in [5, 5.41) is -0.0972. The number of oxazole rings is 1. The predicted octanol–water partition coefficient (Wildman–Crippen LogP) is 3.49. The number of likely N-dealkylation sites (N-methyl/N-ethyl adjacent to an activating group) is 1. The summed E-state index contributed by atoms with van der Waals surface area (Å²) in [6.45, 7) is 6.34. The molecule has 0 bridgehead atoms. The molecule has 0 amide bonds. The molecule has 3 heterocycles. The average Bonchev–Trinajstić information content (AvgIpc) is 3.34. The molecule has 0 unspecified atom stereocenters. The minimum absolute atomic E-state index is 0.0836. The van der Waals surface area contributed by atoms with Crippen molar-refractivity contribution in [1.29, 1.82) is 0 Å². The summed E-state index contributed by atoms with van der Waals surface area (Å²) < 4.78 is 50.5. The van der Waals surface area contributed by atoms with Crippen LogP contribution in [0.5, 0.6) is 17.2 Å². The SMILES string of the molecule is CCCOc1ccc(-c2nc(S(=O)(=O)c3ccc4c(c3)OCCO4)c(N3CCN(C)CC3)o2)cc1. The number of rotatable bonds is 7. The second-order valence-corrected chi connectivity index (χ2v) is 10.5. The third kappa shape index (κ3) is 4.81. The first-order valence-electron chi connectivity index (χ1n) is 11.8. The van der Waals surface area contributed by atoms with Crippen molar-refractivity contribution >= 4 is 15.7 Å². The van der Waals surface area contributed by atoms with E-state index < -0.39 is 9.84 Å². The van der Waals surface area contributed by atoms with E-state index in [1.165, 1.54) is 12.1 Å². The van der Waals surface area contributed by atoms with Crippen LogP contribution >= 0.6 is 0 Å². The van der Waals surface area contributed by atoms with Crippen LogP contribution in [0.2, 0.25) is 0 Å². The third-order valence-electron chi connectivity index (χ3n) is 6.02. The van der Waals surface area contributed by atoms with E-state index in [0.29, 0.717) is 50.0 Å². The second-order valence-electron chi connectivity index (χ2n) is 8.60. The lowest BCUT2D eigenvalue weighted by Crippen LogP contribution is -2.44. The summed E-state index contributed by atoms with van der Waals surface area (Å²) in [6.07, 6.45) is 0.914. The van der Waals surface area contributed by atoms with E-state index >= 15 is 0 Å². The highest BCUT2D eigenvalue weighted by Crippen LogP contribution is 2.38. The van der Waals surface area contributed by atoms with E-state index in [4.69, 9.17) is 18.6 Å². The lowest BCUT2D eigenvalue weighted by Gasteiger charge is -2.32. The number of hydrogen-bond acceptors (Lipinski definition) is 9. The standard InChI is InChI=1S/C25H29N3O6S/c1-3-14-31-19-6-4-18(5-7-19)23-26-24(25(34-23)28-12-10-27(2)11-13-28)35(29,30)20-8-9-21-22(17-20)33-16-15-32-21/h4-9,17H,3,10-16H2,1-2H3. The number of fused-ring (bicyclic) bond motifs is 1. The molecule has 2 aromatic carbocycles. The largest absolute Gasteiger partial charge is 0.494 e. The Hall–Kier alpha value is -3.24. The molecular formula is C25H29N3O6S. The van der Waals surface area contributed by atoms with Gasteiger partial charge in [0.05, 0.1) is 11.5 Å². The van der Waals surface area contributed by atoms with Gasteiger partial charge in [-0.15, -0.1) is 0 Å². The van der Waals surface area contributed by atoms with Crippen LogP contribution in [0.1, 0.15) is 13.3 Å². The minimum Gasteiger partial charge on any atom is -0.494 e. The van der Waals surface area contributed by atoms with Crippen LogP contribution in [0.15, 0.2) is 56.8 Å². The molecule has 5 rings (SSSR count). The highest BCUT2D eigenvalue weighted by molar-refractivity contribution is 7.91. The van der Waals surface area contributed by atoms with Gasteiger partial charge in [0, 0.05) is 37.8 Å². The lowest BCUT2D eigenvalue weighted by molar-refractivity contribution is 0.171.